The van der Waals surface area contributed by atoms with Gasteiger partial charge in [-0.1, -0.05) is 43.7 Å². The molecule has 1 aromatic heterocycles. The highest BCUT2D eigenvalue weighted by Gasteiger charge is 2.20. The second-order valence-electron chi connectivity index (χ2n) is 6.33. The SMILES string of the molecule is CN=C(NCc1ncnn1C)NCC(C)(C)c1ccc(C)cc1.I. The van der Waals surface area contributed by atoms with E-state index in [0.29, 0.717) is 6.54 Å². The Morgan fingerprint density at radius 2 is 1.88 bits per heavy atom. The minimum absolute atomic E-state index is 0. The van der Waals surface area contributed by atoms with Crippen molar-refractivity contribution in [2.75, 3.05) is 13.6 Å². The Morgan fingerprint density at radius 3 is 2.42 bits per heavy atom. The van der Waals surface area contributed by atoms with Crippen LogP contribution in [0.15, 0.2) is 35.6 Å². The van der Waals surface area contributed by atoms with E-state index in [1.165, 1.54) is 11.1 Å². The maximum Gasteiger partial charge on any atom is 0.191 e. The molecule has 0 fully saturated rings. The number of nitrogens with zero attached hydrogens (tertiary/aromatic N) is 4. The average molecular weight is 442 g/mol. The van der Waals surface area contributed by atoms with E-state index < -0.39 is 0 Å². The fraction of sp³-hybridized carbons (Fsp3) is 0.471. The second kappa shape index (κ2) is 9.00. The van der Waals surface area contributed by atoms with Gasteiger partial charge in [-0.2, -0.15) is 5.10 Å². The third kappa shape index (κ3) is 5.47. The highest BCUT2D eigenvalue weighted by Crippen LogP contribution is 2.22. The molecule has 0 saturated carbocycles. The van der Waals surface area contributed by atoms with Gasteiger partial charge in [0.25, 0.3) is 0 Å². The molecule has 0 amide bonds. The summed E-state index contributed by atoms with van der Waals surface area (Å²) in [4.78, 5) is 8.46. The predicted molar refractivity (Wildman–Crippen MR) is 109 cm³/mol. The van der Waals surface area contributed by atoms with E-state index in [9.17, 15) is 0 Å². The topological polar surface area (TPSA) is 67.1 Å². The van der Waals surface area contributed by atoms with Gasteiger partial charge in [0.1, 0.15) is 12.2 Å². The van der Waals surface area contributed by atoms with Crippen LogP contribution in [0.25, 0.3) is 0 Å². The van der Waals surface area contributed by atoms with Gasteiger partial charge < -0.3 is 10.6 Å². The molecule has 2 rings (SSSR count). The lowest BCUT2D eigenvalue weighted by Crippen LogP contribution is -2.43. The number of hydrogen-bond acceptors (Lipinski definition) is 3. The van der Waals surface area contributed by atoms with Crippen LogP contribution < -0.4 is 10.6 Å². The normalized spacial score (nSPS) is 11.8. The van der Waals surface area contributed by atoms with Gasteiger partial charge in [-0.15, -0.1) is 24.0 Å². The molecule has 2 N–H and O–H groups in total. The molecular formula is C17H27IN6. The molecule has 0 aliphatic heterocycles. The number of halogens is 1. The third-order valence-corrected chi connectivity index (χ3v) is 3.97. The van der Waals surface area contributed by atoms with E-state index in [-0.39, 0.29) is 29.4 Å². The van der Waals surface area contributed by atoms with E-state index in [1.54, 1.807) is 18.1 Å². The van der Waals surface area contributed by atoms with Gasteiger partial charge in [0.05, 0.1) is 6.54 Å². The number of aryl methyl sites for hydroxylation is 2. The van der Waals surface area contributed by atoms with Crippen LogP contribution in [0.5, 0.6) is 0 Å². The van der Waals surface area contributed by atoms with E-state index in [4.69, 9.17) is 0 Å². The fourth-order valence-electron chi connectivity index (χ4n) is 2.28. The van der Waals surface area contributed by atoms with E-state index in [1.807, 2.05) is 7.05 Å². The number of benzene rings is 1. The first-order valence-corrected chi connectivity index (χ1v) is 7.77. The van der Waals surface area contributed by atoms with E-state index >= 15 is 0 Å². The van der Waals surface area contributed by atoms with Crippen LogP contribution in [-0.4, -0.2) is 34.3 Å². The average Bonchev–Trinajstić information content (AvgIpc) is 2.93. The van der Waals surface area contributed by atoms with Crippen molar-refractivity contribution < 1.29 is 0 Å². The van der Waals surface area contributed by atoms with Crippen molar-refractivity contribution >= 4 is 29.9 Å². The smallest absolute Gasteiger partial charge is 0.191 e. The van der Waals surface area contributed by atoms with Crippen LogP contribution in [0.4, 0.5) is 0 Å². The number of nitrogens with one attached hydrogen (secondary N) is 2. The Kier molecular flexibility index (Phi) is 7.65. The number of aromatic nitrogens is 3. The van der Waals surface area contributed by atoms with Crippen molar-refractivity contribution in [3.8, 4) is 0 Å². The molecule has 0 radical (unpaired) electrons. The first kappa shape index (κ1) is 20.4. The van der Waals surface area contributed by atoms with Crippen molar-refractivity contribution in [2.24, 2.45) is 12.0 Å². The molecule has 6 nitrogen and oxygen atoms in total. The zero-order chi connectivity index (χ0) is 16.9. The summed E-state index contributed by atoms with van der Waals surface area (Å²) < 4.78 is 1.75. The van der Waals surface area contributed by atoms with Crippen molar-refractivity contribution in [1.29, 1.82) is 0 Å². The molecule has 0 unspecified atom stereocenters. The molecule has 132 valence electrons. The maximum atomic E-state index is 4.26. The molecular weight excluding hydrogens is 415 g/mol. The van der Waals surface area contributed by atoms with Crippen molar-refractivity contribution in [3.05, 3.63) is 47.5 Å². The largest absolute Gasteiger partial charge is 0.356 e. The van der Waals surface area contributed by atoms with Gasteiger partial charge >= 0.3 is 0 Å². The van der Waals surface area contributed by atoms with Crippen LogP contribution in [0.3, 0.4) is 0 Å². The van der Waals surface area contributed by atoms with Gasteiger partial charge in [-0.05, 0) is 12.5 Å². The van der Waals surface area contributed by atoms with Gasteiger partial charge in [-0.25, -0.2) is 4.98 Å². The zero-order valence-electron chi connectivity index (χ0n) is 15.0. The standard InChI is InChI=1S/C17H26N6.HI/c1-13-6-8-14(9-7-13)17(2,3)11-20-16(18-4)19-10-15-21-12-22-23(15)5;/h6-9,12H,10-11H2,1-5H3,(H2,18,19,20);1H. The molecule has 0 spiro atoms. The molecule has 1 aromatic carbocycles. The van der Waals surface area contributed by atoms with Crippen LogP contribution in [0, 0.1) is 6.92 Å². The quantitative estimate of drug-likeness (QED) is 0.424. The van der Waals surface area contributed by atoms with Crippen molar-refractivity contribution in [3.63, 3.8) is 0 Å². The van der Waals surface area contributed by atoms with Gasteiger partial charge in [0, 0.05) is 26.1 Å². The molecule has 0 aliphatic rings. The molecule has 0 atom stereocenters. The number of aliphatic imine (C=N–C) groups is 1. The Balaban J connectivity index is 0.00000288. The summed E-state index contributed by atoms with van der Waals surface area (Å²) in [7, 11) is 3.64. The lowest BCUT2D eigenvalue weighted by Gasteiger charge is -2.27. The maximum absolute atomic E-state index is 4.26. The summed E-state index contributed by atoms with van der Waals surface area (Å²) in [5.41, 5.74) is 2.59. The van der Waals surface area contributed by atoms with Crippen molar-refractivity contribution in [1.82, 2.24) is 25.4 Å². The molecule has 24 heavy (non-hydrogen) atoms. The number of hydrogen-bond donors (Lipinski definition) is 2. The Bertz CT molecular complexity index is 660. The van der Waals surface area contributed by atoms with Gasteiger partial charge in [0.2, 0.25) is 0 Å². The predicted octanol–water partition coefficient (Wildman–Crippen LogP) is 2.38. The highest BCUT2D eigenvalue weighted by atomic mass is 127. The highest BCUT2D eigenvalue weighted by molar-refractivity contribution is 14.0. The Labute approximate surface area is 161 Å². The summed E-state index contributed by atoms with van der Waals surface area (Å²) in [5, 5.41) is 10.7. The third-order valence-electron chi connectivity index (χ3n) is 3.97. The van der Waals surface area contributed by atoms with E-state index in [0.717, 1.165) is 18.3 Å². The van der Waals surface area contributed by atoms with Crippen LogP contribution in [-0.2, 0) is 19.0 Å². The summed E-state index contributed by atoms with van der Waals surface area (Å²) >= 11 is 0. The fourth-order valence-corrected chi connectivity index (χ4v) is 2.28. The van der Waals surface area contributed by atoms with Gasteiger partial charge in [0.15, 0.2) is 5.96 Å². The van der Waals surface area contributed by atoms with E-state index in [2.05, 4.69) is 70.7 Å². The van der Waals surface area contributed by atoms with Gasteiger partial charge in [-0.3, -0.25) is 9.67 Å². The summed E-state index contributed by atoms with van der Waals surface area (Å²) in [6, 6.07) is 8.68. The lowest BCUT2D eigenvalue weighted by molar-refractivity contribution is 0.508. The number of guanidine groups is 1. The molecule has 0 saturated heterocycles. The van der Waals surface area contributed by atoms with Crippen LogP contribution in [0.1, 0.15) is 30.8 Å². The van der Waals surface area contributed by atoms with Crippen molar-refractivity contribution in [2.45, 2.75) is 32.7 Å². The summed E-state index contributed by atoms with van der Waals surface area (Å²) in [6.45, 7) is 7.92. The van der Waals surface area contributed by atoms with Crippen LogP contribution >= 0.6 is 24.0 Å². The summed E-state index contributed by atoms with van der Waals surface area (Å²) in [5.74, 6) is 1.62. The second-order valence-corrected chi connectivity index (χ2v) is 6.33. The molecule has 1 heterocycles. The minimum atomic E-state index is 0. The zero-order valence-corrected chi connectivity index (χ0v) is 17.3. The molecule has 0 bridgehead atoms. The Morgan fingerprint density at radius 1 is 1.21 bits per heavy atom. The first-order valence-electron chi connectivity index (χ1n) is 7.77. The Hall–Kier alpha value is -1.64. The minimum Gasteiger partial charge on any atom is -0.356 e. The monoisotopic (exact) mass is 442 g/mol. The molecule has 0 aliphatic carbocycles. The molecule has 7 heteroatoms. The first-order chi connectivity index (χ1) is 10.9. The molecule has 2 aromatic rings. The lowest BCUT2D eigenvalue weighted by atomic mass is 9.84. The number of rotatable bonds is 5. The summed E-state index contributed by atoms with van der Waals surface area (Å²) in [6.07, 6.45) is 1.55. The van der Waals surface area contributed by atoms with Crippen LogP contribution in [0.2, 0.25) is 0 Å².